The maximum Gasteiger partial charge on any atom is 0.0290 e. The van der Waals surface area contributed by atoms with Crippen LogP contribution in [-0.4, -0.2) is 0 Å². The summed E-state index contributed by atoms with van der Waals surface area (Å²) in [5.41, 5.74) is 5.21. The van der Waals surface area contributed by atoms with Gasteiger partial charge in [-0.2, -0.15) is 0 Å². The fourth-order valence-corrected chi connectivity index (χ4v) is 4.63. The highest BCUT2D eigenvalue weighted by Crippen LogP contribution is 2.54. The molecule has 0 spiro atoms. The van der Waals surface area contributed by atoms with E-state index in [2.05, 4.69) is 53.7 Å². The van der Waals surface area contributed by atoms with Crippen molar-refractivity contribution in [2.24, 2.45) is 17.3 Å². The molecule has 116 valence electrons. The number of rotatable bonds is 4. The van der Waals surface area contributed by atoms with Crippen molar-refractivity contribution < 1.29 is 0 Å². The molecule has 0 saturated carbocycles. The molecule has 2 atom stereocenters. The van der Waals surface area contributed by atoms with E-state index in [1.165, 1.54) is 22.3 Å². The monoisotopic (exact) mass is 324 g/mol. The van der Waals surface area contributed by atoms with Gasteiger partial charge >= 0.3 is 0 Å². The van der Waals surface area contributed by atoms with Gasteiger partial charge in [0.1, 0.15) is 0 Å². The van der Waals surface area contributed by atoms with Crippen LogP contribution in [-0.2, 0) is 0 Å². The van der Waals surface area contributed by atoms with Crippen molar-refractivity contribution >= 4 is 23.2 Å². The smallest absolute Gasteiger partial charge is 0.0290 e. The maximum absolute atomic E-state index is 6.68. The Kier molecular flexibility index (Phi) is 4.81. The van der Waals surface area contributed by atoms with Crippen LogP contribution >= 0.6 is 23.2 Å². The summed E-state index contributed by atoms with van der Waals surface area (Å²) in [7, 11) is 0. The zero-order valence-electron chi connectivity index (χ0n) is 14.0. The zero-order valence-corrected chi connectivity index (χ0v) is 15.5. The maximum atomic E-state index is 6.68. The van der Waals surface area contributed by atoms with Gasteiger partial charge in [-0.1, -0.05) is 76.9 Å². The van der Waals surface area contributed by atoms with Gasteiger partial charge in [-0.25, -0.2) is 0 Å². The first kappa shape index (κ1) is 16.9. The van der Waals surface area contributed by atoms with Crippen LogP contribution in [0.4, 0.5) is 0 Å². The van der Waals surface area contributed by atoms with E-state index in [1.54, 1.807) is 0 Å². The van der Waals surface area contributed by atoms with Gasteiger partial charge in [0.05, 0.1) is 0 Å². The molecule has 0 saturated heterocycles. The van der Waals surface area contributed by atoms with Crippen molar-refractivity contribution in [3.05, 3.63) is 44.5 Å². The zero-order chi connectivity index (χ0) is 15.9. The van der Waals surface area contributed by atoms with E-state index < -0.39 is 0 Å². The standard InChI is InChI=1S/C19H26Cl2/c1-7-13-9-11(3)17(20)15(13)19(5,6)16-14(8-2)10-12(4)18(16)21/h9-12H,7-8H2,1-6H3. The molecule has 0 nitrogen and oxygen atoms in total. The molecule has 0 radical (unpaired) electrons. The highest BCUT2D eigenvalue weighted by atomic mass is 35.5. The Morgan fingerprint density at radius 3 is 1.48 bits per heavy atom. The quantitative estimate of drug-likeness (QED) is 0.523. The Labute approximate surface area is 139 Å². The highest BCUT2D eigenvalue weighted by molar-refractivity contribution is 6.32. The molecule has 2 unspecified atom stereocenters. The molecular formula is C19H26Cl2. The van der Waals surface area contributed by atoms with E-state index in [-0.39, 0.29) is 5.41 Å². The van der Waals surface area contributed by atoms with Crippen molar-refractivity contribution in [1.29, 1.82) is 0 Å². The molecule has 0 fully saturated rings. The first-order valence-electron chi connectivity index (χ1n) is 7.98. The van der Waals surface area contributed by atoms with Crippen LogP contribution in [0, 0.1) is 17.3 Å². The van der Waals surface area contributed by atoms with Crippen LogP contribution in [0.15, 0.2) is 44.5 Å². The first-order chi connectivity index (χ1) is 9.75. The van der Waals surface area contributed by atoms with Crippen LogP contribution in [0.3, 0.4) is 0 Å². The van der Waals surface area contributed by atoms with Gasteiger partial charge in [-0.05, 0) is 35.1 Å². The average Bonchev–Trinajstić information content (AvgIpc) is 2.88. The van der Waals surface area contributed by atoms with Crippen molar-refractivity contribution in [3.63, 3.8) is 0 Å². The molecule has 2 rings (SSSR count). The van der Waals surface area contributed by atoms with Crippen LogP contribution in [0.25, 0.3) is 0 Å². The van der Waals surface area contributed by atoms with E-state index in [0.29, 0.717) is 11.8 Å². The van der Waals surface area contributed by atoms with E-state index in [1.807, 2.05) is 0 Å². The lowest BCUT2D eigenvalue weighted by molar-refractivity contribution is 0.542. The predicted octanol–water partition coefficient (Wildman–Crippen LogP) is 6.97. The number of hydrogen-bond donors (Lipinski definition) is 0. The van der Waals surface area contributed by atoms with Crippen molar-refractivity contribution in [2.45, 2.75) is 54.4 Å². The minimum Gasteiger partial charge on any atom is -0.0882 e. The molecule has 2 aliphatic carbocycles. The molecular weight excluding hydrogens is 299 g/mol. The molecule has 2 heteroatoms. The molecule has 0 heterocycles. The second-order valence-corrected chi connectivity index (χ2v) is 7.55. The number of allylic oxidation sites excluding steroid dienone is 8. The van der Waals surface area contributed by atoms with Crippen molar-refractivity contribution in [2.75, 3.05) is 0 Å². The van der Waals surface area contributed by atoms with Crippen molar-refractivity contribution in [1.82, 2.24) is 0 Å². The normalized spacial score (nSPS) is 26.7. The molecule has 0 amide bonds. The Hall–Kier alpha value is -0.460. The van der Waals surface area contributed by atoms with Gasteiger partial charge < -0.3 is 0 Å². The molecule has 0 aromatic heterocycles. The summed E-state index contributed by atoms with van der Waals surface area (Å²) in [4.78, 5) is 0. The summed E-state index contributed by atoms with van der Waals surface area (Å²) in [6.07, 6.45) is 6.65. The Bertz CT molecular complexity index is 520. The number of halogens is 2. The topological polar surface area (TPSA) is 0 Å². The van der Waals surface area contributed by atoms with Gasteiger partial charge in [0.25, 0.3) is 0 Å². The lowest BCUT2D eigenvalue weighted by Gasteiger charge is -2.33. The van der Waals surface area contributed by atoms with Gasteiger partial charge in [0.2, 0.25) is 0 Å². The predicted molar refractivity (Wildman–Crippen MR) is 94.6 cm³/mol. The molecule has 0 aliphatic heterocycles. The molecule has 21 heavy (non-hydrogen) atoms. The molecule has 0 aromatic carbocycles. The largest absolute Gasteiger partial charge is 0.0882 e. The summed E-state index contributed by atoms with van der Waals surface area (Å²) < 4.78 is 0. The summed E-state index contributed by atoms with van der Waals surface area (Å²) in [5, 5.41) is 1.98. The van der Waals surface area contributed by atoms with E-state index in [0.717, 1.165) is 22.9 Å². The summed E-state index contributed by atoms with van der Waals surface area (Å²) in [6.45, 7) is 13.3. The van der Waals surface area contributed by atoms with Gasteiger partial charge in [-0.15, -0.1) is 0 Å². The fraction of sp³-hybridized carbons (Fsp3) is 0.579. The Morgan fingerprint density at radius 2 is 1.19 bits per heavy atom. The molecule has 2 aliphatic rings. The Balaban J connectivity index is 2.58. The van der Waals surface area contributed by atoms with Gasteiger partial charge in [-0.3, -0.25) is 0 Å². The minimum absolute atomic E-state index is 0.132. The van der Waals surface area contributed by atoms with Crippen LogP contribution in [0.2, 0.25) is 0 Å². The fourth-order valence-electron chi connectivity index (χ4n) is 3.79. The number of hydrogen-bond acceptors (Lipinski definition) is 0. The van der Waals surface area contributed by atoms with Gasteiger partial charge in [0.15, 0.2) is 0 Å². The van der Waals surface area contributed by atoms with Crippen LogP contribution in [0.5, 0.6) is 0 Å². The molecule has 0 bridgehead atoms. The third kappa shape index (κ3) is 2.66. The van der Waals surface area contributed by atoms with Gasteiger partial charge in [0, 0.05) is 27.3 Å². The third-order valence-corrected chi connectivity index (χ3v) is 5.90. The lowest BCUT2D eigenvalue weighted by atomic mass is 9.72. The van der Waals surface area contributed by atoms with E-state index >= 15 is 0 Å². The summed E-state index contributed by atoms with van der Waals surface area (Å²) in [6, 6.07) is 0. The third-order valence-electron chi connectivity index (χ3n) is 4.83. The van der Waals surface area contributed by atoms with E-state index in [4.69, 9.17) is 23.2 Å². The lowest BCUT2D eigenvalue weighted by Crippen LogP contribution is -2.21. The minimum atomic E-state index is -0.132. The van der Waals surface area contributed by atoms with Crippen LogP contribution < -0.4 is 0 Å². The average molecular weight is 325 g/mol. The van der Waals surface area contributed by atoms with Crippen LogP contribution in [0.1, 0.15) is 54.4 Å². The molecule has 0 N–H and O–H groups in total. The first-order valence-corrected chi connectivity index (χ1v) is 8.73. The summed E-state index contributed by atoms with van der Waals surface area (Å²) >= 11 is 13.4. The second-order valence-electron chi connectivity index (χ2n) is 6.74. The Morgan fingerprint density at radius 1 is 0.857 bits per heavy atom. The van der Waals surface area contributed by atoms with E-state index in [9.17, 15) is 0 Å². The second kappa shape index (κ2) is 5.97. The highest BCUT2D eigenvalue weighted by Gasteiger charge is 2.40. The van der Waals surface area contributed by atoms with Crippen molar-refractivity contribution in [3.8, 4) is 0 Å². The molecule has 0 aromatic rings. The SMILES string of the molecule is CCC1=CC(C)C(Cl)=C1C(C)(C)C1=C(Cl)C(C)C=C1CC. The summed E-state index contributed by atoms with van der Waals surface area (Å²) in [5.74, 6) is 0.645.